The summed E-state index contributed by atoms with van der Waals surface area (Å²) in [5.41, 5.74) is -0.980. The van der Waals surface area contributed by atoms with Crippen LogP contribution in [-0.4, -0.2) is 14.1 Å². The van der Waals surface area contributed by atoms with Gasteiger partial charge in [-0.15, -0.1) is 29.7 Å². The molecule has 0 N–H and O–H groups in total. The fourth-order valence-electron chi connectivity index (χ4n) is 12.0. The Morgan fingerprint density at radius 1 is 0.477 bits per heavy atom. The van der Waals surface area contributed by atoms with E-state index >= 15 is 0 Å². The number of imidazole rings is 1. The number of para-hydroxylation sites is 1. The Morgan fingerprint density at radius 3 is 1.67 bits per heavy atom. The van der Waals surface area contributed by atoms with Crippen molar-refractivity contribution in [3.8, 4) is 95.5 Å². The molecule has 0 atom stereocenters. The molecule has 6 heteroatoms. The summed E-state index contributed by atoms with van der Waals surface area (Å²) in [5, 5.41) is 1.82. The summed E-state index contributed by atoms with van der Waals surface area (Å²) in [4.78, 5) is 4.86. The first-order valence-electron chi connectivity index (χ1n) is 38.9. The third-order valence-electron chi connectivity index (χ3n) is 16.5. The Hall–Kier alpha value is -8.89. The molecule has 0 aliphatic carbocycles. The number of ether oxygens (including phenoxy) is 1. The Bertz CT molecular complexity index is 5820. The number of nitrogens with zero attached hydrogens (tertiary/aromatic N) is 4. The normalized spacial score (nSPS) is 16.1. The van der Waals surface area contributed by atoms with Crippen LogP contribution < -0.4 is 9.30 Å². The predicted molar refractivity (Wildman–Crippen MR) is 361 cm³/mol. The standard InChI is InChI=1S/C82H72N4O.Pt/c1-50-23-20-24-51(2)76(50)56-42-69-65-31-16-14-29-63(65)64-30-15-17-32-66(64)70-41-55(54-39-58(81(8,9)10)45-59(40-54)82(11,12)13)44-74-79(70)85(78(69)71(43-56)77-52(3)25-21-26-53(77)4)49-84(74)60-27-22-28-61(47-60)87-62-35-36-68-67-33-18-19-34-72(67)86(73(68)48-62)75-46-57(37-38-83-75)80(5,6)7;/h14-46H,1-13H3;/q-2;/i1D3,2D3,3D3,4D3,14D,15D,16D,17D,29D,30D,31D,32D;. The monoisotopic (exact) mass is 1340 g/mol. The number of rotatable bonds is 7. The van der Waals surface area contributed by atoms with Gasteiger partial charge in [-0.3, -0.25) is 4.57 Å². The molecule has 13 aromatic rings. The Balaban J connectivity index is 0.0000103. The van der Waals surface area contributed by atoms with E-state index in [9.17, 15) is 19.2 Å². The minimum atomic E-state index is -3.18. The molecule has 0 amide bonds. The van der Waals surface area contributed by atoms with E-state index in [0.717, 1.165) is 33.0 Å². The fourth-order valence-corrected chi connectivity index (χ4v) is 12.0. The van der Waals surface area contributed by atoms with Gasteiger partial charge in [-0.05, 0) is 197 Å². The Morgan fingerprint density at radius 2 is 1.03 bits per heavy atom. The van der Waals surface area contributed by atoms with Gasteiger partial charge in [0.05, 0.1) is 27.7 Å². The molecule has 0 unspecified atom stereocenters. The molecule has 0 saturated heterocycles. The molecule has 0 radical (unpaired) electrons. The molecule has 1 aliphatic heterocycles. The van der Waals surface area contributed by atoms with E-state index in [1.54, 1.807) is 41.1 Å². The molecule has 4 heterocycles. The molecule has 5 nitrogen and oxygen atoms in total. The van der Waals surface area contributed by atoms with Gasteiger partial charge in [-0.1, -0.05) is 195 Å². The third kappa shape index (κ3) is 10.0. The molecular formula is C82H72N4OPt-2. The second-order valence-corrected chi connectivity index (χ2v) is 25.4. The van der Waals surface area contributed by atoms with Gasteiger partial charge in [0.1, 0.15) is 5.82 Å². The van der Waals surface area contributed by atoms with Crippen molar-refractivity contribution in [1.82, 2.24) is 14.1 Å². The zero-order chi connectivity index (χ0) is 77.4. The second kappa shape index (κ2) is 21.8. The summed E-state index contributed by atoms with van der Waals surface area (Å²) in [6, 6.07) is 41.3. The molecule has 0 saturated carbocycles. The van der Waals surface area contributed by atoms with Crippen molar-refractivity contribution in [2.24, 2.45) is 0 Å². The van der Waals surface area contributed by atoms with Crippen LogP contribution in [0, 0.1) is 45.9 Å². The maximum Gasteiger partial charge on any atom is 0.268 e. The summed E-state index contributed by atoms with van der Waals surface area (Å²) in [7, 11) is 0. The third-order valence-corrected chi connectivity index (χ3v) is 16.5. The summed E-state index contributed by atoms with van der Waals surface area (Å²) in [6.07, 6.45) is 5.33. The quantitative estimate of drug-likeness (QED) is 0.118. The summed E-state index contributed by atoms with van der Waals surface area (Å²) in [6.45, 7) is 6.31. The smallest absolute Gasteiger partial charge is 0.268 e. The van der Waals surface area contributed by atoms with Gasteiger partial charge < -0.3 is 13.9 Å². The molecule has 0 spiro atoms. The molecule has 88 heavy (non-hydrogen) atoms. The Kier molecular flexibility index (Phi) is 9.66. The summed E-state index contributed by atoms with van der Waals surface area (Å²) < 4.78 is 200. The van der Waals surface area contributed by atoms with E-state index in [1.165, 1.54) is 53.1 Å². The van der Waals surface area contributed by atoms with Gasteiger partial charge in [0.2, 0.25) is 0 Å². The van der Waals surface area contributed by atoms with E-state index in [0.29, 0.717) is 22.5 Å². The van der Waals surface area contributed by atoms with Crippen molar-refractivity contribution in [2.75, 3.05) is 0 Å². The van der Waals surface area contributed by atoms with Crippen LogP contribution >= 0.6 is 0 Å². The van der Waals surface area contributed by atoms with Crippen LogP contribution in [0.5, 0.6) is 11.5 Å². The van der Waals surface area contributed by atoms with Crippen LogP contribution in [0.1, 0.15) is 129 Å². The maximum atomic E-state index is 10.3. The first-order chi connectivity index (χ1) is 49.8. The predicted octanol–water partition coefficient (Wildman–Crippen LogP) is 21.0. The SMILES string of the molecule is [2H]c1c([2H])c([2H])c2c(c1[2H])-c1cc(-c3c(C([2H])([2H])[2H])cccc3C([2H])([2H])[2H])cc(-c3c(C([2H])([2H])[2H])cccc3C([2H])([2H])[2H])c1-[n+]1[c-]n(-c3[c-]c(Oc4[c-]c5c(cc4)c4ccccc4n5-c4cc(C(C)(C)C)ccn4)ccc3)c3cc(-c4cc(C(C)(C)C)cc(C(C)(C)C)c4)cc(c31)-c1c([2H])c([2H])c([2H])c([2H])c1-2.[Pt]. The van der Waals surface area contributed by atoms with Crippen molar-refractivity contribution >= 4 is 32.8 Å². The minimum Gasteiger partial charge on any atom is -0.510 e. The number of pyridine rings is 1. The average molecular weight is 1340 g/mol. The molecule has 10 aromatic carbocycles. The van der Waals surface area contributed by atoms with Gasteiger partial charge in [-0.25, -0.2) is 4.98 Å². The number of aromatic nitrogens is 4. The van der Waals surface area contributed by atoms with Crippen molar-refractivity contribution in [3.05, 3.63) is 258 Å². The first kappa shape index (κ1) is 39.1. The van der Waals surface area contributed by atoms with Crippen LogP contribution in [0.4, 0.5) is 0 Å². The minimum absolute atomic E-state index is 0. The van der Waals surface area contributed by atoms with E-state index in [1.807, 2.05) is 59.2 Å². The number of aryl methyl sites for hydroxylation is 4. The Labute approximate surface area is 561 Å². The number of fused-ring (bicyclic) bond motifs is 10. The summed E-state index contributed by atoms with van der Waals surface area (Å²) >= 11 is 0. The van der Waals surface area contributed by atoms with E-state index < -0.39 is 137 Å². The zero-order valence-electron chi connectivity index (χ0n) is 69.9. The number of benzene rings is 10. The van der Waals surface area contributed by atoms with Crippen LogP contribution in [0.3, 0.4) is 0 Å². The largest absolute Gasteiger partial charge is 0.510 e. The second-order valence-electron chi connectivity index (χ2n) is 25.4. The average Bonchev–Trinajstić information content (AvgIpc) is 1.47. The van der Waals surface area contributed by atoms with Gasteiger partial charge in [0, 0.05) is 60.7 Å². The van der Waals surface area contributed by atoms with Crippen LogP contribution in [-0.2, 0) is 37.3 Å². The van der Waals surface area contributed by atoms with Gasteiger partial charge >= 0.3 is 0 Å². The molecule has 0 bridgehead atoms. The van der Waals surface area contributed by atoms with Crippen LogP contribution in [0.15, 0.2) is 200 Å². The fraction of sp³-hybridized carbons (Fsp3) is 0.195. The van der Waals surface area contributed by atoms with Crippen molar-refractivity contribution in [1.29, 1.82) is 0 Å². The van der Waals surface area contributed by atoms with E-state index in [-0.39, 0.29) is 88.2 Å². The molecular weight excluding hydrogens is 1250 g/mol. The van der Waals surface area contributed by atoms with Gasteiger partial charge in [-0.2, -0.15) is 18.2 Å². The van der Waals surface area contributed by atoms with E-state index in [2.05, 4.69) is 92.9 Å². The van der Waals surface area contributed by atoms with Crippen molar-refractivity contribution in [3.63, 3.8) is 0 Å². The molecule has 438 valence electrons. The van der Waals surface area contributed by atoms with Gasteiger partial charge in [0.15, 0.2) is 0 Å². The van der Waals surface area contributed by atoms with Crippen LogP contribution in [0.25, 0.3) is 117 Å². The van der Waals surface area contributed by atoms with Crippen molar-refractivity contribution in [2.45, 2.75) is 106 Å². The molecule has 0 fully saturated rings. The molecule has 3 aromatic heterocycles. The number of hydrogen-bond acceptors (Lipinski definition) is 2. The van der Waals surface area contributed by atoms with Crippen molar-refractivity contribution < 1.29 is 57.8 Å². The summed E-state index contributed by atoms with van der Waals surface area (Å²) in [5.74, 6) is 1.09. The van der Waals surface area contributed by atoms with E-state index in [4.69, 9.17) is 17.9 Å². The number of hydrogen-bond donors (Lipinski definition) is 0. The topological polar surface area (TPSA) is 35.9 Å². The van der Waals surface area contributed by atoms with Gasteiger partial charge in [0.25, 0.3) is 6.33 Å². The zero-order valence-corrected chi connectivity index (χ0v) is 52.2. The molecule has 14 rings (SSSR count). The first-order valence-corrected chi connectivity index (χ1v) is 28.9. The maximum absolute atomic E-state index is 10.3. The molecule has 1 aliphatic rings. The van der Waals surface area contributed by atoms with Crippen LogP contribution in [0.2, 0.25) is 0 Å².